The van der Waals surface area contributed by atoms with Gasteiger partial charge in [-0.1, -0.05) is 30.3 Å². The lowest BCUT2D eigenvalue weighted by Gasteiger charge is -2.36. The van der Waals surface area contributed by atoms with Crippen molar-refractivity contribution in [2.75, 3.05) is 19.6 Å². The van der Waals surface area contributed by atoms with E-state index in [1.165, 1.54) is 18.4 Å². The van der Waals surface area contributed by atoms with E-state index >= 15 is 0 Å². The molecule has 1 aromatic heterocycles. The van der Waals surface area contributed by atoms with E-state index in [0.29, 0.717) is 12.0 Å². The third-order valence-corrected chi connectivity index (χ3v) is 5.76. The first-order valence-corrected chi connectivity index (χ1v) is 9.75. The molecule has 5 rings (SSSR count). The van der Waals surface area contributed by atoms with Crippen LogP contribution in [0.25, 0.3) is 0 Å². The predicted molar refractivity (Wildman–Crippen MR) is 102 cm³/mol. The Morgan fingerprint density at radius 3 is 2.73 bits per heavy atom. The monoisotopic (exact) mass is 352 g/mol. The van der Waals surface area contributed by atoms with Gasteiger partial charge >= 0.3 is 0 Å². The van der Waals surface area contributed by atoms with Crippen molar-refractivity contribution in [1.82, 2.24) is 19.6 Å². The molecule has 5 heteroatoms. The van der Waals surface area contributed by atoms with Gasteiger partial charge in [0.2, 0.25) is 0 Å². The summed E-state index contributed by atoms with van der Waals surface area (Å²) in [6.07, 6.45) is 2.42. The fraction of sp³-hybridized carbons (Fsp3) is 0.524. The molecular weight excluding hydrogens is 324 g/mol. The Hall–Kier alpha value is -2.14. The summed E-state index contributed by atoms with van der Waals surface area (Å²) in [5.74, 6) is 0.714. The predicted octanol–water partition coefficient (Wildman–Crippen LogP) is 2.95. The van der Waals surface area contributed by atoms with Crippen LogP contribution in [0.5, 0.6) is 0 Å². The van der Waals surface area contributed by atoms with Crippen molar-refractivity contribution in [3.63, 3.8) is 0 Å². The number of aromatic nitrogens is 2. The fourth-order valence-corrected chi connectivity index (χ4v) is 4.48. The van der Waals surface area contributed by atoms with E-state index in [1.807, 2.05) is 24.6 Å². The molecular formula is C21H28N4O. The highest BCUT2D eigenvalue weighted by atomic mass is 16.2. The van der Waals surface area contributed by atoms with Crippen molar-refractivity contribution < 1.29 is 4.79 Å². The number of carbonyl (C=O) groups is 1. The standard InChI is InChI=1S/C21H28N4O/c1-3-25-20(11-16(2)22-25)21(26)24-14-18-9-10-19(15-24)23(13-18)12-17-7-5-4-6-8-17/h4-8,11,18-19H,3,9-10,12-15H2,1-2H3/t18-,19-/m1/s1. The van der Waals surface area contributed by atoms with Gasteiger partial charge in [-0.2, -0.15) is 5.10 Å². The van der Waals surface area contributed by atoms with E-state index in [-0.39, 0.29) is 5.91 Å². The Morgan fingerprint density at radius 2 is 1.96 bits per heavy atom. The number of hydrogen-bond donors (Lipinski definition) is 0. The van der Waals surface area contributed by atoms with Crippen molar-refractivity contribution in [2.45, 2.75) is 45.8 Å². The summed E-state index contributed by atoms with van der Waals surface area (Å²) in [5.41, 5.74) is 3.01. The number of rotatable bonds is 4. The number of piperidine rings is 1. The molecule has 1 amide bonds. The van der Waals surface area contributed by atoms with Crippen molar-refractivity contribution in [1.29, 1.82) is 0 Å². The van der Waals surface area contributed by atoms with Gasteiger partial charge in [-0.25, -0.2) is 0 Å². The quantitative estimate of drug-likeness (QED) is 0.849. The number of fused-ring (bicyclic) bond motifs is 4. The smallest absolute Gasteiger partial charge is 0.272 e. The summed E-state index contributed by atoms with van der Waals surface area (Å²) >= 11 is 0. The zero-order valence-electron chi connectivity index (χ0n) is 15.8. The molecule has 3 saturated heterocycles. The number of aryl methyl sites for hydroxylation is 2. The van der Waals surface area contributed by atoms with Crippen molar-refractivity contribution in [3.05, 3.63) is 53.3 Å². The summed E-state index contributed by atoms with van der Waals surface area (Å²) in [6.45, 7) is 8.50. The zero-order chi connectivity index (χ0) is 18.1. The van der Waals surface area contributed by atoms with E-state index in [0.717, 1.165) is 44.1 Å². The Morgan fingerprint density at radius 1 is 1.15 bits per heavy atom. The van der Waals surface area contributed by atoms with Gasteiger partial charge in [0.15, 0.2) is 0 Å². The molecule has 2 aromatic rings. The second kappa shape index (κ2) is 7.23. The topological polar surface area (TPSA) is 41.4 Å². The number of benzene rings is 1. The van der Waals surface area contributed by atoms with Crippen molar-refractivity contribution >= 4 is 5.91 Å². The van der Waals surface area contributed by atoms with Crippen LogP contribution in [0.2, 0.25) is 0 Å². The summed E-state index contributed by atoms with van der Waals surface area (Å²) in [7, 11) is 0. The number of hydrogen-bond acceptors (Lipinski definition) is 3. The van der Waals surface area contributed by atoms with Gasteiger partial charge in [0.05, 0.1) is 5.69 Å². The van der Waals surface area contributed by atoms with Crippen LogP contribution < -0.4 is 0 Å². The second-order valence-corrected chi connectivity index (χ2v) is 7.71. The van der Waals surface area contributed by atoms with Crippen molar-refractivity contribution in [2.24, 2.45) is 5.92 Å². The first-order valence-electron chi connectivity index (χ1n) is 9.75. The Balaban J connectivity index is 1.51. The van der Waals surface area contributed by atoms with Gasteiger partial charge < -0.3 is 4.90 Å². The lowest BCUT2D eigenvalue weighted by atomic mass is 9.94. The van der Waals surface area contributed by atoms with Crippen LogP contribution in [0, 0.1) is 12.8 Å². The first kappa shape index (κ1) is 17.3. The molecule has 0 radical (unpaired) electrons. The molecule has 0 N–H and O–H groups in total. The van der Waals surface area contributed by atoms with Gasteiger partial charge in [0.1, 0.15) is 5.69 Å². The Bertz CT molecular complexity index is 770. The van der Waals surface area contributed by atoms with Crippen LogP contribution in [0.1, 0.15) is 41.5 Å². The van der Waals surface area contributed by atoms with Crippen LogP contribution >= 0.6 is 0 Å². The SMILES string of the molecule is CCn1nc(C)cc1C(=O)N1C[C@@H]2CC[C@H](C1)N(Cc1ccccc1)C2. The molecule has 0 saturated carbocycles. The molecule has 0 aliphatic carbocycles. The molecule has 1 aromatic carbocycles. The largest absolute Gasteiger partial charge is 0.335 e. The number of amides is 1. The van der Waals surface area contributed by atoms with Gasteiger partial charge in [-0.3, -0.25) is 14.4 Å². The third-order valence-electron chi connectivity index (χ3n) is 5.76. The highest BCUT2D eigenvalue weighted by Gasteiger charge is 2.37. The minimum atomic E-state index is 0.144. The lowest BCUT2D eigenvalue weighted by Crippen LogP contribution is -2.44. The summed E-state index contributed by atoms with van der Waals surface area (Å²) in [4.78, 5) is 17.8. The number of nitrogens with zero attached hydrogens (tertiary/aromatic N) is 4. The van der Waals surface area contributed by atoms with Crippen LogP contribution in [-0.2, 0) is 13.1 Å². The maximum absolute atomic E-state index is 13.2. The molecule has 0 spiro atoms. The van der Waals surface area contributed by atoms with Crippen LogP contribution in [0.15, 0.2) is 36.4 Å². The van der Waals surface area contributed by atoms with Crippen LogP contribution in [0.4, 0.5) is 0 Å². The highest BCUT2D eigenvalue weighted by molar-refractivity contribution is 5.92. The molecule has 3 aliphatic heterocycles. The van der Waals surface area contributed by atoms with Crippen LogP contribution in [0.3, 0.4) is 0 Å². The van der Waals surface area contributed by atoms with Crippen molar-refractivity contribution in [3.8, 4) is 0 Å². The maximum Gasteiger partial charge on any atom is 0.272 e. The van der Waals surface area contributed by atoms with Gasteiger partial charge in [0, 0.05) is 38.8 Å². The molecule has 2 bridgehead atoms. The minimum absolute atomic E-state index is 0.144. The molecule has 5 nitrogen and oxygen atoms in total. The van der Waals surface area contributed by atoms with Gasteiger partial charge in [-0.15, -0.1) is 0 Å². The van der Waals surface area contributed by atoms with E-state index in [9.17, 15) is 4.79 Å². The third kappa shape index (κ3) is 3.40. The van der Waals surface area contributed by atoms with E-state index in [2.05, 4.69) is 45.2 Å². The summed E-state index contributed by atoms with van der Waals surface area (Å²) < 4.78 is 1.84. The van der Waals surface area contributed by atoms with Gasteiger partial charge in [0.25, 0.3) is 5.91 Å². The second-order valence-electron chi connectivity index (χ2n) is 7.71. The Labute approximate surface area is 155 Å². The minimum Gasteiger partial charge on any atom is -0.335 e. The average molecular weight is 352 g/mol. The Kier molecular flexibility index (Phi) is 4.81. The summed E-state index contributed by atoms with van der Waals surface area (Å²) in [6, 6.07) is 13.1. The lowest BCUT2D eigenvalue weighted by molar-refractivity contribution is 0.0723. The average Bonchev–Trinajstić information content (AvgIpc) is 2.81. The zero-order valence-corrected chi connectivity index (χ0v) is 15.8. The summed E-state index contributed by atoms with van der Waals surface area (Å²) in [5, 5.41) is 4.45. The van der Waals surface area contributed by atoms with E-state index in [4.69, 9.17) is 0 Å². The maximum atomic E-state index is 13.2. The fourth-order valence-electron chi connectivity index (χ4n) is 4.48. The molecule has 138 valence electrons. The highest BCUT2D eigenvalue weighted by Crippen LogP contribution is 2.30. The molecule has 26 heavy (non-hydrogen) atoms. The number of carbonyl (C=O) groups excluding carboxylic acids is 1. The molecule has 3 aliphatic rings. The molecule has 3 fully saturated rings. The normalized spacial score (nSPS) is 23.2. The van der Waals surface area contributed by atoms with Crippen LogP contribution in [-0.4, -0.2) is 51.2 Å². The molecule has 4 heterocycles. The van der Waals surface area contributed by atoms with E-state index < -0.39 is 0 Å². The molecule has 2 atom stereocenters. The molecule has 0 unspecified atom stereocenters. The van der Waals surface area contributed by atoms with E-state index in [1.54, 1.807) is 0 Å². The first-order chi connectivity index (χ1) is 12.6. The van der Waals surface area contributed by atoms with Gasteiger partial charge in [-0.05, 0) is 44.2 Å².